The molecule has 4 heteroatoms. The first-order chi connectivity index (χ1) is 6.51. The summed E-state index contributed by atoms with van der Waals surface area (Å²) in [5.74, 6) is -2.51. The van der Waals surface area contributed by atoms with Gasteiger partial charge in [0.1, 0.15) is 12.0 Å². The van der Waals surface area contributed by atoms with Crippen LogP contribution < -0.4 is 4.74 Å². The molecule has 0 N–H and O–H groups in total. The standard InChI is InChI=1S/C10H10F2O2/c1-10(11,12)7-14-9-4-2-8(6-13)3-5-9/h2-6H,7H2,1H3. The van der Waals surface area contributed by atoms with Gasteiger partial charge in [-0.05, 0) is 24.3 Å². The summed E-state index contributed by atoms with van der Waals surface area (Å²) < 4.78 is 29.5. The minimum Gasteiger partial charge on any atom is -0.487 e. The Morgan fingerprint density at radius 3 is 2.36 bits per heavy atom. The number of hydrogen-bond acceptors (Lipinski definition) is 2. The molecule has 1 aromatic carbocycles. The maximum absolute atomic E-state index is 12.4. The molecule has 0 fully saturated rings. The number of halogens is 2. The van der Waals surface area contributed by atoms with Gasteiger partial charge in [0.05, 0.1) is 0 Å². The number of carbonyl (C=O) groups excluding carboxylic acids is 1. The highest BCUT2D eigenvalue weighted by molar-refractivity contribution is 5.74. The predicted octanol–water partition coefficient (Wildman–Crippen LogP) is 2.53. The highest BCUT2D eigenvalue weighted by atomic mass is 19.3. The van der Waals surface area contributed by atoms with Crippen LogP contribution in [0.15, 0.2) is 24.3 Å². The second-order valence-electron chi connectivity index (χ2n) is 3.05. The van der Waals surface area contributed by atoms with E-state index in [0.717, 1.165) is 6.92 Å². The van der Waals surface area contributed by atoms with Crippen molar-refractivity contribution in [2.75, 3.05) is 6.61 Å². The maximum atomic E-state index is 12.4. The summed E-state index contributed by atoms with van der Waals surface area (Å²) in [6.07, 6.45) is 0.679. The predicted molar refractivity (Wildman–Crippen MR) is 47.9 cm³/mol. The first kappa shape index (κ1) is 10.6. The minimum absolute atomic E-state index is 0.331. The van der Waals surface area contributed by atoms with E-state index in [1.807, 2.05) is 0 Å². The molecular weight excluding hydrogens is 190 g/mol. The molecule has 0 aliphatic heterocycles. The SMILES string of the molecule is CC(F)(F)COc1ccc(C=O)cc1. The molecule has 0 aliphatic carbocycles. The molecule has 0 amide bonds. The number of aldehydes is 1. The molecule has 76 valence electrons. The van der Waals surface area contributed by atoms with Crippen molar-refractivity contribution in [3.8, 4) is 5.75 Å². The normalized spacial score (nSPS) is 11.1. The molecule has 1 aromatic rings. The molecule has 0 atom stereocenters. The van der Waals surface area contributed by atoms with Gasteiger partial charge in [0.2, 0.25) is 0 Å². The van der Waals surface area contributed by atoms with E-state index in [1.54, 1.807) is 0 Å². The first-order valence-electron chi connectivity index (χ1n) is 4.07. The van der Waals surface area contributed by atoms with Crippen LogP contribution in [0.2, 0.25) is 0 Å². The van der Waals surface area contributed by atoms with Crippen molar-refractivity contribution < 1.29 is 18.3 Å². The number of ether oxygens (including phenoxy) is 1. The Morgan fingerprint density at radius 1 is 1.36 bits per heavy atom. The Bertz CT molecular complexity index is 301. The molecule has 0 saturated carbocycles. The van der Waals surface area contributed by atoms with Gasteiger partial charge in [-0.1, -0.05) is 0 Å². The van der Waals surface area contributed by atoms with Crippen LogP contribution in [0.5, 0.6) is 5.75 Å². The number of alkyl halides is 2. The van der Waals surface area contributed by atoms with E-state index >= 15 is 0 Å². The lowest BCUT2D eigenvalue weighted by Gasteiger charge is -2.11. The fourth-order valence-electron chi connectivity index (χ4n) is 0.853. The van der Waals surface area contributed by atoms with Crippen LogP contribution in [-0.2, 0) is 0 Å². The van der Waals surface area contributed by atoms with Crippen molar-refractivity contribution in [3.05, 3.63) is 29.8 Å². The van der Waals surface area contributed by atoms with Gasteiger partial charge >= 0.3 is 0 Å². The summed E-state index contributed by atoms with van der Waals surface area (Å²) in [6.45, 7) is 0.125. The van der Waals surface area contributed by atoms with Gasteiger partial charge in [-0.15, -0.1) is 0 Å². The summed E-state index contributed by atoms with van der Waals surface area (Å²) in [4.78, 5) is 10.3. The number of hydrogen-bond donors (Lipinski definition) is 0. The van der Waals surface area contributed by atoms with E-state index in [1.165, 1.54) is 24.3 Å². The van der Waals surface area contributed by atoms with E-state index in [0.29, 0.717) is 17.6 Å². The average Bonchev–Trinajstić information content (AvgIpc) is 2.14. The van der Waals surface area contributed by atoms with Crippen LogP contribution >= 0.6 is 0 Å². The third kappa shape index (κ3) is 3.51. The smallest absolute Gasteiger partial charge is 0.278 e. The lowest BCUT2D eigenvalue weighted by Crippen LogP contribution is -2.20. The molecule has 2 nitrogen and oxygen atoms in total. The van der Waals surface area contributed by atoms with Gasteiger partial charge in [-0.2, -0.15) is 0 Å². The first-order valence-corrected chi connectivity index (χ1v) is 4.07. The summed E-state index contributed by atoms with van der Waals surface area (Å²) >= 11 is 0. The van der Waals surface area contributed by atoms with Crippen LogP contribution in [0.1, 0.15) is 17.3 Å². The largest absolute Gasteiger partial charge is 0.487 e. The highest BCUT2D eigenvalue weighted by Gasteiger charge is 2.21. The van der Waals surface area contributed by atoms with Gasteiger partial charge < -0.3 is 4.74 Å². The molecule has 0 aliphatic rings. The fourth-order valence-corrected chi connectivity index (χ4v) is 0.853. The van der Waals surface area contributed by atoms with Crippen molar-refractivity contribution in [2.45, 2.75) is 12.8 Å². The minimum atomic E-state index is -2.84. The fraction of sp³-hybridized carbons (Fsp3) is 0.300. The molecule has 0 bridgehead atoms. The molecule has 1 rings (SSSR count). The molecule has 0 saturated heterocycles. The van der Waals surface area contributed by atoms with E-state index in [9.17, 15) is 13.6 Å². The Hall–Kier alpha value is -1.45. The zero-order chi connectivity index (χ0) is 10.6. The summed E-state index contributed by atoms with van der Waals surface area (Å²) in [6, 6.07) is 5.98. The second kappa shape index (κ2) is 4.17. The van der Waals surface area contributed by atoms with Crippen LogP contribution in [0.4, 0.5) is 8.78 Å². The lowest BCUT2D eigenvalue weighted by molar-refractivity contribution is -0.0229. The topological polar surface area (TPSA) is 26.3 Å². The van der Waals surface area contributed by atoms with E-state index in [-0.39, 0.29) is 0 Å². The van der Waals surface area contributed by atoms with Crippen molar-refractivity contribution in [1.82, 2.24) is 0 Å². The van der Waals surface area contributed by atoms with E-state index in [2.05, 4.69) is 0 Å². The average molecular weight is 200 g/mol. The van der Waals surface area contributed by atoms with Crippen LogP contribution in [0.25, 0.3) is 0 Å². The zero-order valence-electron chi connectivity index (χ0n) is 7.67. The third-order valence-corrected chi connectivity index (χ3v) is 1.51. The Kier molecular flexibility index (Phi) is 3.17. The van der Waals surface area contributed by atoms with Gasteiger partial charge in [0, 0.05) is 12.5 Å². The van der Waals surface area contributed by atoms with Gasteiger partial charge in [0.25, 0.3) is 5.92 Å². The molecule has 14 heavy (non-hydrogen) atoms. The number of carbonyl (C=O) groups is 1. The van der Waals surface area contributed by atoms with Crippen LogP contribution in [0, 0.1) is 0 Å². The van der Waals surface area contributed by atoms with Crippen molar-refractivity contribution in [3.63, 3.8) is 0 Å². The van der Waals surface area contributed by atoms with Gasteiger partial charge in [-0.3, -0.25) is 4.79 Å². The number of benzene rings is 1. The van der Waals surface area contributed by atoms with E-state index < -0.39 is 12.5 Å². The molecule has 0 aromatic heterocycles. The zero-order valence-corrected chi connectivity index (χ0v) is 7.67. The van der Waals surface area contributed by atoms with Gasteiger partial charge in [0.15, 0.2) is 6.61 Å². The Labute approximate surface area is 80.5 Å². The maximum Gasteiger partial charge on any atom is 0.278 e. The van der Waals surface area contributed by atoms with Gasteiger partial charge in [-0.25, -0.2) is 8.78 Å². The summed E-state index contributed by atoms with van der Waals surface area (Å²) in [5.41, 5.74) is 0.487. The number of rotatable bonds is 4. The van der Waals surface area contributed by atoms with Crippen LogP contribution in [0.3, 0.4) is 0 Å². The molecule has 0 radical (unpaired) electrons. The van der Waals surface area contributed by atoms with Crippen molar-refractivity contribution in [1.29, 1.82) is 0 Å². The Morgan fingerprint density at radius 2 is 1.93 bits per heavy atom. The van der Waals surface area contributed by atoms with Crippen molar-refractivity contribution in [2.24, 2.45) is 0 Å². The summed E-state index contributed by atoms with van der Waals surface area (Å²) in [7, 11) is 0. The molecule has 0 spiro atoms. The third-order valence-electron chi connectivity index (χ3n) is 1.51. The highest BCUT2D eigenvalue weighted by Crippen LogP contribution is 2.16. The molecule has 0 heterocycles. The lowest BCUT2D eigenvalue weighted by atomic mass is 10.2. The molecular formula is C10H10F2O2. The summed E-state index contributed by atoms with van der Waals surface area (Å²) in [5, 5.41) is 0. The second-order valence-corrected chi connectivity index (χ2v) is 3.05. The van der Waals surface area contributed by atoms with Crippen LogP contribution in [-0.4, -0.2) is 18.8 Å². The Balaban J connectivity index is 2.56. The quantitative estimate of drug-likeness (QED) is 0.698. The van der Waals surface area contributed by atoms with Crippen molar-refractivity contribution >= 4 is 6.29 Å². The molecule has 0 unspecified atom stereocenters. The monoisotopic (exact) mass is 200 g/mol. The van der Waals surface area contributed by atoms with E-state index in [4.69, 9.17) is 4.74 Å².